The zero-order valence-corrected chi connectivity index (χ0v) is 4.98. The quantitative estimate of drug-likeness (QED) is 0.525. The first-order chi connectivity index (χ1) is 3.27. The summed E-state index contributed by atoms with van der Waals surface area (Å²) in [5.41, 5.74) is 0. The normalized spacial score (nSPS) is 10.3. The third kappa shape index (κ3) is 5.96. The van der Waals surface area contributed by atoms with Gasteiger partial charge in [-0.1, -0.05) is 6.92 Å². The summed E-state index contributed by atoms with van der Waals surface area (Å²) in [6.45, 7) is 9.27. The van der Waals surface area contributed by atoms with Gasteiger partial charge in [-0.15, -0.1) is 0 Å². The van der Waals surface area contributed by atoms with E-state index in [0.29, 0.717) is 6.10 Å². The van der Waals surface area contributed by atoms with Crippen molar-refractivity contribution in [1.29, 1.82) is 0 Å². The Hall–Kier alpha value is -0.0400. The van der Waals surface area contributed by atoms with Crippen LogP contribution in [-0.4, -0.2) is 6.10 Å². The van der Waals surface area contributed by atoms with E-state index in [4.69, 9.17) is 4.74 Å². The van der Waals surface area contributed by atoms with Crippen molar-refractivity contribution in [2.45, 2.75) is 26.4 Å². The fraction of sp³-hybridized carbons (Fsp3) is 0.667. The lowest BCUT2D eigenvalue weighted by Crippen LogP contribution is -1.97. The highest BCUT2D eigenvalue weighted by Crippen LogP contribution is 1.92. The standard InChI is InChI=1S/C6H12O/c1-4-5-7-6(2)3/h5-6H,1,4H2,2-3H3. The first kappa shape index (κ1) is 6.96. The maximum atomic E-state index is 5.00. The number of hydrogen-bond donors (Lipinski definition) is 0. The maximum absolute atomic E-state index is 5.00. The summed E-state index contributed by atoms with van der Waals surface area (Å²) in [4.78, 5) is 0. The average molecular weight is 100 g/mol. The van der Waals surface area contributed by atoms with E-state index >= 15 is 0 Å². The minimum Gasteiger partial charge on any atom is -0.373 e. The van der Waals surface area contributed by atoms with Gasteiger partial charge in [0.2, 0.25) is 0 Å². The van der Waals surface area contributed by atoms with E-state index in [1.54, 1.807) is 6.61 Å². The number of ether oxygens (including phenoxy) is 1. The van der Waals surface area contributed by atoms with E-state index in [1.807, 2.05) is 13.8 Å². The van der Waals surface area contributed by atoms with Gasteiger partial charge in [0.05, 0.1) is 12.7 Å². The molecule has 42 valence electrons. The molecule has 7 heavy (non-hydrogen) atoms. The zero-order chi connectivity index (χ0) is 5.70. The van der Waals surface area contributed by atoms with Crippen molar-refractivity contribution in [1.82, 2.24) is 0 Å². The molecule has 0 aliphatic rings. The van der Waals surface area contributed by atoms with Crippen LogP contribution < -0.4 is 0 Å². The molecule has 0 aliphatic heterocycles. The predicted octanol–water partition coefficient (Wildman–Crippen LogP) is 1.80. The molecule has 0 saturated carbocycles. The van der Waals surface area contributed by atoms with Gasteiger partial charge in [-0.3, -0.25) is 0 Å². The lowest BCUT2D eigenvalue weighted by molar-refractivity contribution is 0.134. The molecule has 0 heterocycles. The summed E-state index contributed by atoms with van der Waals surface area (Å²) < 4.78 is 5.00. The van der Waals surface area contributed by atoms with Crippen LogP contribution >= 0.6 is 0 Å². The highest BCUT2D eigenvalue weighted by atomic mass is 16.5. The Kier molecular flexibility index (Phi) is 4.10. The first-order valence-corrected chi connectivity index (χ1v) is 2.53. The van der Waals surface area contributed by atoms with Gasteiger partial charge in [-0.05, 0) is 20.3 Å². The summed E-state index contributed by atoms with van der Waals surface area (Å²) in [5, 5.41) is 0. The highest BCUT2D eigenvalue weighted by molar-refractivity contribution is 4.52. The van der Waals surface area contributed by atoms with E-state index in [0.717, 1.165) is 6.42 Å². The van der Waals surface area contributed by atoms with Crippen LogP contribution in [0.4, 0.5) is 0 Å². The third-order valence-corrected chi connectivity index (χ3v) is 0.486. The fourth-order valence-corrected chi connectivity index (χ4v) is 0.260. The number of rotatable bonds is 3. The van der Waals surface area contributed by atoms with Crippen LogP contribution in [0.5, 0.6) is 0 Å². The van der Waals surface area contributed by atoms with E-state index in [1.165, 1.54) is 0 Å². The minimum absolute atomic E-state index is 0.307. The summed E-state index contributed by atoms with van der Waals surface area (Å²) in [6, 6.07) is 0. The molecule has 0 N–H and O–H groups in total. The second-order valence-corrected chi connectivity index (χ2v) is 1.64. The van der Waals surface area contributed by atoms with Crippen molar-refractivity contribution in [3.63, 3.8) is 0 Å². The molecule has 2 radical (unpaired) electrons. The Morgan fingerprint density at radius 1 is 1.71 bits per heavy atom. The highest BCUT2D eigenvalue weighted by Gasteiger charge is 1.87. The van der Waals surface area contributed by atoms with Crippen molar-refractivity contribution >= 4 is 0 Å². The molecule has 0 saturated heterocycles. The van der Waals surface area contributed by atoms with Gasteiger partial charge < -0.3 is 4.74 Å². The molecule has 0 unspecified atom stereocenters. The van der Waals surface area contributed by atoms with Gasteiger partial charge in [-0.25, -0.2) is 0 Å². The van der Waals surface area contributed by atoms with Crippen LogP contribution in [0.15, 0.2) is 0 Å². The molecule has 1 nitrogen and oxygen atoms in total. The average Bonchev–Trinajstić information content (AvgIpc) is 1.61. The van der Waals surface area contributed by atoms with E-state index < -0.39 is 0 Å². The maximum Gasteiger partial charge on any atom is 0.0840 e. The van der Waals surface area contributed by atoms with Crippen LogP contribution in [0.2, 0.25) is 0 Å². The minimum atomic E-state index is 0.307. The lowest BCUT2D eigenvalue weighted by atomic mass is 10.4. The summed E-state index contributed by atoms with van der Waals surface area (Å²) in [6.07, 6.45) is 1.06. The van der Waals surface area contributed by atoms with Gasteiger partial charge in [0.25, 0.3) is 0 Å². The SMILES string of the molecule is [CH2]C[CH]OC(C)C. The fourth-order valence-electron chi connectivity index (χ4n) is 0.260. The van der Waals surface area contributed by atoms with Gasteiger partial charge in [0.15, 0.2) is 0 Å². The van der Waals surface area contributed by atoms with E-state index in [2.05, 4.69) is 6.92 Å². The van der Waals surface area contributed by atoms with Gasteiger partial charge in [0.1, 0.15) is 0 Å². The Morgan fingerprint density at radius 2 is 2.29 bits per heavy atom. The largest absolute Gasteiger partial charge is 0.373 e. The van der Waals surface area contributed by atoms with Crippen molar-refractivity contribution in [2.75, 3.05) is 0 Å². The van der Waals surface area contributed by atoms with Crippen LogP contribution in [0.1, 0.15) is 20.3 Å². The van der Waals surface area contributed by atoms with E-state index in [-0.39, 0.29) is 0 Å². The molecular weight excluding hydrogens is 88.1 g/mol. The zero-order valence-electron chi connectivity index (χ0n) is 4.98. The molecule has 0 aromatic carbocycles. The van der Waals surface area contributed by atoms with E-state index in [9.17, 15) is 0 Å². The van der Waals surface area contributed by atoms with Gasteiger partial charge in [-0.2, -0.15) is 0 Å². The summed E-state index contributed by atoms with van der Waals surface area (Å²) >= 11 is 0. The first-order valence-electron chi connectivity index (χ1n) is 2.53. The molecule has 0 atom stereocenters. The van der Waals surface area contributed by atoms with Gasteiger partial charge in [0, 0.05) is 0 Å². The van der Waals surface area contributed by atoms with Crippen molar-refractivity contribution < 1.29 is 4.74 Å². The lowest BCUT2D eigenvalue weighted by Gasteiger charge is -2.02. The molecule has 0 spiro atoms. The molecule has 0 aliphatic carbocycles. The van der Waals surface area contributed by atoms with Crippen LogP contribution in [0.25, 0.3) is 0 Å². The van der Waals surface area contributed by atoms with Crippen molar-refractivity contribution in [3.8, 4) is 0 Å². The van der Waals surface area contributed by atoms with Crippen LogP contribution in [0.3, 0.4) is 0 Å². The summed E-state index contributed by atoms with van der Waals surface area (Å²) in [7, 11) is 0. The van der Waals surface area contributed by atoms with Crippen molar-refractivity contribution in [3.05, 3.63) is 13.5 Å². The Labute approximate surface area is 45.7 Å². The van der Waals surface area contributed by atoms with Crippen LogP contribution in [-0.2, 0) is 4.74 Å². The topological polar surface area (TPSA) is 9.23 Å². The Bertz CT molecular complexity index is 33.2. The molecule has 0 fully saturated rings. The predicted molar refractivity (Wildman–Crippen MR) is 30.5 cm³/mol. The Morgan fingerprint density at radius 3 is 2.43 bits per heavy atom. The molecule has 0 amide bonds. The second kappa shape index (κ2) is 4.13. The monoisotopic (exact) mass is 100 g/mol. The molecule has 0 rings (SSSR count). The smallest absolute Gasteiger partial charge is 0.0840 e. The second-order valence-electron chi connectivity index (χ2n) is 1.64. The molecule has 0 aromatic heterocycles. The number of hydrogen-bond acceptors (Lipinski definition) is 1. The molecule has 0 bridgehead atoms. The molecule has 1 heteroatoms. The Balaban J connectivity index is 2.68. The molecule has 0 aromatic rings. The van der Waals surface area contributed by atoms with Crippen LogP contribution in [0, 0.1) is 13.5 Å². The summed E-state index contributed by atoms with van der Waals surface area (Å²) in [5.74, 6) is 0. The van der Waals surface area contributed by atoms with Gasteiger partial charge >= 0.3 is 0 Å². The third-order valence-electron chi connectivity index (χ3n) is 0.486. The van der Waals surface area contributed by atoms with Crippen molar-refractivity contribution in [2.24, 2.45) is 0 Å². The molecular formula is C6H12O.